The van der Waals surface area contributed by atoms with Gasteiger partial charge >= 0.3 is 5.97 Å². The van der Waals surface area contributed by atoms with E-state index >= 15 is 0 Å². The number of aromatic carboxylic acids is 1. The Morgan fingerprint density at radius 3 is 2.62 bits per heavy atom. The van der Waals surface area contributed by atoms with E-state index < -0.39 is 5.97 Å². The minimum absolute atomic E-state index is 0.0591. The molecule has 3 rings (SSSR count). The number of hydrogen-bond donors (Lipinski definition) is 1. The Morgan fingerprint density at radius 2 is 2.04 bits per heavy atom. The van der Waals surface area contributed by atoms with Crippen LogP contribution in [0.3, 0.4) is 0 Å². The quantitative estimate of drug-likeness (QED) is 0.788. The second-order valence-corrected chi connectivity index (χ2v) is 6.27. The van der Waals surface area contributed by atoms with Crippen LogP contribution in [0.1, 0.15) is 32.4 Å². The van der Waals surface area contributed by atoms with Crippen molar-refractivity contribution in [1.82, 2.24) is 14.8 Å². The monoisotopic (exact) mass is 338 g/mol. The number of carboxylic acid groups (broad SMARTS) is 1. The lowest BCUT2D eigenvalue weighted by Gasteiger charge is -2.04. The molecule has 0 aliphatic rings. The molecule has 0 fully saturated rings. The number of carbonyl (C=O) groups is 1. The smallest absolute Gasteiger partial charge is 0.355 e. The highest BCUT2D eigenvalue weighted by molar-refractivity contribution is 7.09. The summed E-state index contributed by atoms with van der Waals surface area (Å²) in [5.41, 5.74) is 4.56. The zero-order valence-corrected chi connectivity index (χ0v) is 14.0. The Hall–Kier alpha value is -2.98. The number of aryl methyl sites for hydroxylation is 1. The van der Waals surface area contributed by atoms with E-state index in [1.807, 2.05) is 30.7 Å². The van der Waals surface area contributed by atoms with Crippen molar-refractivity contribution in [3.05, 3.63) is 57.3 Å². The maximum atomic E-state index is 10.9. The van der Waals surface area contributed by atoms with Crippen LogP contribution >= 0.6 is 11.3 Å². The molecule has 24 heavy (non-hydrogen) atoms. The molecule has 0 atom stereocenters. The van der Waals surface area contributed by atoms with Crippen molar-refractivity contribution in [2.75, 3.05) is 0 Å². The van der Waals surface area contributed by atoms with Gasteiger partial charge in [0.1, 0.15) is 5.01 Å². The molecule has 3 aromatic rings. The SMILES string of the molecule is Cc1nn(Cc2nc(C(=O)O)cs2)c(C)c1-c1ccc(C#N)cc1. The molecule has 0 amide bonds. The molecule has 1 N–H and O–H groups in total. The molecule has 6 nitrogen and oxygen atoms in total. The van der Waals surface area contributed by atoms with Crippen LogP contribution in [0.15, 0.2) is 29.6 Å². The molecule has 0 bridgehead atoms. The first kappa shape index (κ1) is 15.9. The molecule has 1 aromatic carbocycles. The average Bonchev–Trinajstić information content (AvgIpc) is 3.13. The largest absolute Gasteiger partial charge is 0.476 e. The Balaban J connectivity index is 1.93. The summed E-state index contributed by atoms with van der Waals surface area (Å²) in [6.07, 6.45) is 0. The lowest BCUT2D eigenvalue weighted by molar-refractivity contribution is 0.0691. The van der Waals surface area contributed by atoms with Crippen molar-refractivity contribution < 1.29 is 9.90 Å². The fourth-order valence-corrected chi connectivity index (χ4v) is 3.34. The van der Waals surface area contributed by atoms with Crippen molar-refractivity contribution in [2.24, 2.45) is 0 Å². The van der Waals surface area contributed by atoms with E-state index in [0.29, 0.717) is 17.1 Å². The van der Waals surface area contributed by atoms with Gasteiger partial charge in [-0.05, 0) is 31.5 Å². The number of thiazole rings is 1. The van der Waals surface area contributed by atoms with E-state index in [9.17, 15) is 4.79 Å². The molecule has 0 aliphatic carbocycles. The molecular weight excluding hydrogens is 324 g/mol. The molecule has 2 heterocycles. The molecule has 2 aromatic heterocycles. The van der Waals surface area contributed by atoms with Crippen LogP contribution < -0.4 is 0 Å². The van der Waals surface area contributed by atoms with Crippen LogP contribution in [-0.2, 0) is 6.54 Å². The summed E-state index contributed by atoms with van der Waals surface area (Å²) in [5, 5.41) is 24.6. The fourth-order valence-electron chi connectivity index (χ4n) is 2.59. The number of aromatic nitrogens is 3. The summed E-state index contributed by atoms with van der Waals surface area (Å²) in [6, 6.07) is 9.49. The molecule has 0 saturated heterocycles. The van der Waals surface area contributed by atoms with E-state index in [1.165, 1.54) is 16.7 Å². The number of carboxylic acids is 1. The first-order valence-corrected chi connectivity index (χ1v) is 8.10. The van der Waals surface area contributed by atoms with Crippen LogP contribution in [0, 0.1) is 25.2 Å². The van der Waals surface area contributed by atoms with Crippen LogP contribution in [0.2, 0.25) is 0 Å². The van der Waals surface area contributed by atoms with E-state index in [4.69, 9.17) is 10.4 Å². The van der Waals surface area contributed by atoms with Crippen LogP contribution in [0.4, 0.5) is 0 Å². The van der Waals surface area contributed by atoms with E-state index in [2.05, 4.69) is 16.2 Å². The summed E-state index contributed by atoms with van der Waals surface area (Å²) in [6.45, 7) is 4.34. The minimum atomic E-state index is -1.02. The van der Waals surface area contributed by atoms with Crippen molar-refractivity contribution >= 4 is 17.3 Å². The summed E-state index contributed by atoms with van der Waals surface area (Å²) < 4.78 is 1.83. The Bertz CT molecular complexity index is 948. The topological polar surface area (TPSA) is 91.8 Å². The second-order valence-electron chi connectivity index (χ2n) is 5.32. The highest BCUT2D eigenvalue weighted by atomic mass is 32.1. The molecule has 0 aliphatic heterocycles. The molecular formula is C17H14N4O2S. The lowest BCUT2D eigenvalue weighted by Crippen LogP contribution is -2.05. The second kappa shape index (κ2) is 6.26. The normalized spacial score (nSPS) is 10.5. The summed E-state index contributed by atoms with van der Waals surface area (Å²) in [5.74, 6) is -1.02. The van der Waals surface area contributed by atoms with Crippen molar-refractivity contribution in [1.29, 1.82) is 5.26 Å². The van der Waals surface area contributed by atoms with Gasteiger partial charge in [-0.2, -0.15) is 10.4 Å². The zero-order valence-electron chi connectivity index (χ0n) is 13.1. The van der Waals surface area contributed by atoms with Gasteiger partial charge in [0.2, 0.25) is 0 Å². The Kier molecular flexibility index (Phi) is 4.15. The molecule has 0 saturated carbocycles. The maximum Gasteiger partial charge on any atom is 0.355 e. The minimum Gasteiger partial charge on any atom is -0.476 e. The third-order valence-corrected chi connectivity index (χ3v) is 4.57. The standard InChI is InChI=1S/C17H14N4O2S/c1-10-16(13-5-3-12(7-18)4-6-13)11(2)21(20-10)8-15-19-14(9-24-15)17(22)23/h3-6,9H,8H2,1-2H3,(H,22,23). The third kappa shape index (κ3) is 2.92. The highest BCUT2D eigenvalue weighted by Gasteiger charge is 2.15. The van der Waals surface area contributed by atoms with Crippen LogP contribution in [0.25, 0.3) is 11.1 Å². The first-order valence-electron chi connectivity index (χ1n) is 7.22. The van der Waals surface area contributed by atoms with Gasteiger partial charge in [0.15, 0.2) is 5.69 Å². The number of nitrogens with zero attached hydrogens (tertiary/aromatic N) is 4. The summed E-state index contributed by atoms with van der Waals surface area (Å²) in [7, 11) is 0. The van der Waals surface area contributed by atoms with Gasteiger partial charge in [-0.3, -0.25) is 4.68 Å². The predicted molar refractivity (Wildman–Crippen MR) is 90.0 cm³/mol. The van der Waals surface area contributed by atoms with Crippen molar-refractivity contribution in [3.63, 3.8) is 0 Å². The molecule has 120 valence electrons. The zero-order chi connectivity index (χ0) is 17.3. The van der Waals surface area contributed by atoms with Crippen LogP contribution in [0.5, 0.6) is 0 Å². The molecule has 7 heteroatoms. The highest BCUT2D eigenvalue weighted by Crippen LogP contribution is 2.27. The van der Waals surface area contributed by atoms with E-state index in [-0.39, 0.29) is 5.69 Å². The number of hydrogen-bond acceptors (Lipinski definition) is 5. The van der Waals surface area contributed by atoms with Gasteiger partial charge in [0.05, 0.1) is 23.9 Å². The average molecular weight is 338 g/mol. The van der Waals surface area contributed by atoms with E-state index in [0.717, 1.165) is 22.5 Å². The first-order chi connectivity index (χ1) is 11.5. The molecule has 0 spiro atoms. The van der Waals surface area contributed by atoms with Crippen LogP contribution in [-0.4, -0.2) is 25.8 Å². The van der Waals surface area contributed by atoms with Gasteiger partial charge in [-0.25, -0.2) is 9.78 Å². The summed E-state index contributed by atoms with van der Waals surface area (Å²) >= 11 is 1.31. The summed E-state index contributed by atoms with van der Waals surface area (Å²) in [4.78, 5) is 15.0. The number of benzene rings is 1. The van der Waals surface area contributed by atoms with Crippen molar-refractivity contribution in [3.8, 4) is 17.2 Å². The van der Waals surface area contributed by atoms with Crippen molar-refractivity contribution in [2.45, 2.75) is 20.4 Å². The Labute approximate surface area is 142 Å². The number of rotatable bonds is 4. The Morgan fingerprint density at radius 1 is 1.33 bits per heavy atom. The number of nitriles is 1. The van der Waals surface area contributed by atoms with Gasteiger partial charge in [-0.1, -0.05) is 12.1 Å². The van der Waals surface area contributed by atoms with Gasteiger partial charge < -0.3 is 5.11 Å². The lowest BCUT2D eigenvalue weighted by atomic mass is 10.0. The van der Waals surface area contributed by atoms with Gasteiger partial charge in [-0.15, -0.1) is 11.3 Å². The van der Waals surface area contributed by atoms with Gasteiger partial charge in [0.25, 0.3) is 0 Å². The van der Waals surface area contributed by atoms with Gasteiger partial charge in [0, 0.05) is 16.6 Å². The molecule has 0 radical (unpaired) electrons. The molecule has 0 unspecified atom stereocenters. The third-order valence-electron chi connectivity index (χ3n) is 3.74. The predicted octanol–water partition coefficient (Wildman–Crippen LogP) is 3.24. The fraction of sp³-hybridized carbons (Fsp3) is 0.176. The maximum absolute atomic E-state index is 10.9. The van der Waals surface area contributed by atoms with E-state index in [1.54, 1.807) is 12.1 Å².